The summed E-state index contributed by atoms with van der Waals surface area (Å²) in [5, 5.41) is 5.18. The van der Waals surface area contributed by atoms with Crippen LogP contribution in [0.25, 0.3) is 0 Å². The molecule has 30 heavy (non-hydrogen) atoms. The van der Waals surface area contributed by atoms with Crippen molar-refractivity contribution in [2.45, 2.75) is 32.7 Å². The topological polar surface area (TPSA) is 76.7 Å². The molecule has 0 aromatic heterocycles. The zero-order chi connectivity index (χ0) is 21.9. The highest BCUT2D eigenvalue weighted by Gasteiger charge is 2.13. The van der Waals surface area contributed by atoms with Crippen molar-refractivity contribution in [1.29, 1.82) is 0 Å². The van der Waals surface area contributed by atoms with Gasteiger partial charge in [-0.3, -0.25) is 9.59 Å². The summed E-state index contributed by atoms with van der Waals surface area (Å²) in [4.78, 5) is 23.9. The third-order valence-corrected chi connectivity index (χ3v) is 4.29. The van der Waals surface area contributed by atoms with Crippen LogP contribution in [0.1, 0.15) is 42.1 Å². The van der Waals surface area contributed by atoms with Crippen LogP contribution in [0.15, 0.2) is 36.4 Å². The smallest absolute Gasteiger partial charge is 0.254 e. The van der Waals surface area contributed by atoms with Crippen LogP contribution in [0.2, 0.25) is 0 Å². The van der Waals surface area contributed by atoms with Gasteiger partial charge >= 0.3 is 0 Å². The number of carbonyl (C=O) groups is 2. The van der Waals surface area contributed by atoms with E-state index in [0.29, 0.717) is 24.2 Å². The fourth-order valence-corrected chi connectivity index (χ4v) is 2.62. The Balaban J connectivity index is 1.78. The van der Waals surface area contributed by atoms with Crippen LogP contribution in [0.4, 0.5) is 8.78 Å². The first-order chi connectivity index (χ1) is 14.4. The van der Waals surface area contributed by atoms with Gasteiger partial charge in [0, 0.05) is 25.6 Å². The van der Waals surface area contributed by atoms with E-state index in [9.17, 15) is 18.4 Å². The van der Waals surface area contributed by atoms with Gasteiger partial charge in [0.15, 0.2) is 11.5 Å². The molecule has 0 radical (unpaired) electrons. The van der Waals surface area contributed by atoms with E-state index in [1.807, 2.05) is 6.07 Å². The lowest BCUT2D eigenvalue weighted by Crippen LogP contribution is -2.31. The fraction of sp³-hybridized carbons (Fsp3) is 0.364. The second-order valence-corrected chi connectivity index (χ2v) is 6.59. The standard InChI is InChI=1S/C22H26F2N2O4/c1-3-4-11-30-19-8-5-15(12-20(19)29-2)14-26-21(27)9-10-25-22(28)17-7-6-16(23)13-18(17)24/h5-8,12-13H,3-4,9-11,14H2,1-2H3,(H,25,28)(H,26,27). The quantitative estimate of drug-likeness (QED) is 0.545. The Morgan fingerprint density at radius 3 is 2.53 bits per heavy atom. The lowest BCUT2D eigenvalue weighted by molar-refractivity contribution is -0.121. The number of halogens is 2. The van der Waals surface area contributed by atoms with Crippen LogP contribution in [0.5, 0.6) is 11.5 Å². The molecular weight excluding hydrogens is 394 g/mol. The monoisotopic (exact) mass is 420 g/mol. The van der Waals surface area contributed by atoms with E-state index in [2.05, 4.69) is 17.6 Å². The fourth-order valence-electron chi connectivity index (χ4n) is 2.62. The summed E-state index contributed by atoms with van der Waals surface area (Å²) >= 11 is 0. The van der Waals surface area contributed by atoms with Crippen molar-refractivity contribution in [2.75, 3.05) is 20.3 Å². The zero-order valence-electron chi connectivity index (χ0n) is 17.1. The first-order valence-electron chi connectivity index (χ1n) is 9.74. The van der Waals surface area contributed by atoms with Crippen molar-refractivity contribution < 1.29 is 27.8 Å². The number of rotatable bonds is 11. The number of ether oxygens (including phenoxy) is 2. The van der Waals surface area contributed by atoms with Gasteiger partial charge in [0.1, 0.15) is 11.6 Å². The Kier molecular flexibility index (Phi) is 9.05. The van der Waals surface area contributed by atoms with Gasteiger partial charge in [-0.1, -0.05) is 19.4 Å². The molecule has 0 fully saturated rings. The number of unbranched alkanes of at least 4 members (excludes halogenated alkanes) is 1. The molecule has 8 heteroatoms. The van der Waals surface area contributed by atoms with Crippen molar-refractivity contribution in [1.82, 2.24) is 10.6 Å². The second kappa shape index (κ2) is 11.7. The molecule has 0 unspecified atom stereocenters. The van der Waals surface area contributed by atoms with Crippen molar-refractivity contribution in [3.63, 3.8) is 0 Å². The molecule has 2 amide bonds. The van der Waals surface area contributed by atoms with Crippen LogP contribution < -0.4 is 20.1 Å². The maximum absolute atomic E-state index is 13.6. The molecule has 2 rings (SSSR count). The molecule has 0 aliphatic rings. The van der Waals surface area contributed by atoms with E-state index in [4.69, 9.17) is 9.47 Å². The molecule has 0 atom stereocenters. The first kappa shape index (κ1) is 23.1. The SMILES string of the molecule is CCCCOc1ccc(CNC(=O)CCNC(=O)c2ccc(F)cc2F)cc1OC. The number of carbonyl (C=O) groups excluding carboxylic acids is 2. The van der Waals surface area contributed by atoms with Crippen LogP contribution in [0.3, 0.4) is 0 Å². The van der Waals surface area contributed by atoms with Gasteiger partial charge in [0.05, 0.1) is 19.3 Å². The van der Waals surface area contributed by atoms with Crippen LogP contribution in [0, 0.1) is 11.6 Å². The number of methoxy groups -OCH3 is 1. The molecule has 0 spiro atoms. The maximum atomic E-state index is 13.6. The Hall–Kier alpha value is -3.16. The highest BCUT2D eigenvalue weighted by Crippen LogP contribution is 2.28. The molecule has 0 aliphatic carbocycles. The summed E-state index contributed by atoms with van der Waals surface area (Å²) in [6.45, 7) is 3.00. The summed E-state index contributed by atoms with van der Waals surface area (Å²) in [6, 6.07) is 8.12. The van der Waals surface area contributed by atoms with Gasteiger partial charge in [-0.15, -0.1) is 0 Å². The van der Waals surface area contributed by atoms with Crippen molar-refractivity contribution >= 4 is 11.8 Å². The van der Waals surface area contributed by atoms with Gasteiger partial charge in [-0.05, 0) is 36.2 Å². The summed E-state index contributed by atoms with van der Waals surface area (Å²) in [7, 11) is 1.55. The third-order valence-electron chi connectivity index (χ3n) is 4.29. The average molecular weight is 420 g/mol. The predicted molar refractivity (Wildman–Crippen MR) is 109 cm³/mol. The molecule has 2 N–H and O–H groups in total. The van der Waals surface area contributed by atoms with Gasteiger partial charge in [-0.25, -0.2) is 8.78 Å². The Bertz CT molecular complexity index is 874. The first-order valence-corrected chi connectivity index (χ1v) is 9.74. The molecule has 0 saturated heterocycles. The Morgan fingerprint density at radius 1 is 1.03 bits per heavy atom. The maximum Gasteiger partial charge on any atom is 0.254 e. The van der Waals surface area contributed by atoms with Gasteiger partial charge in [-0.2, -0.15) is 0 Å². The minimum Gasteiger partial charge on any atom is -0.493 e. The molecule has 6 nitrogen and oxygen atoms in total. The number of amides is 2. The van der Waals surface area contributed by atoms with Crippen LogP contribution in [-0.2, 0) is 11.3 Å². The van der Waals surface area contributed by atoms with E-state index < -0.39 is 17.5 Å². The zero-order valence-corrected chi connectivity index (χ0v) is 17.1. The number of benzene rings is 2. The van der Waals surface area contributed by atoms with E-state index in [1.165, 1.54) is 0 Å². The molecule has 0 bridgehead atoms. The Labute approximate surface area is 174 Å². The summed E-state index contributed by atoms with van der Waals surface area (Å²) in [6.07, 6.45) is 2.00. The number of hydrogen-bond donors (Lipinski definition) is 2. The molecular formula is C22H26F2N2O4. The van der Waals surface area contributed by atoms with Crippen LogP contribution >= 0.6 is 0 Å². The predicted octanol–water partition coefficient (Wildman–Crippen LogP) is 3.59. The summed E-state index contributed by atoms with van der Waals surface area (Å²) < 4.78 is 37.5. The largest absolute Gasteiger partial charge is 0.493 e. The lowest BCUT2D eigenvalue weighted by Gasteiger charge is -2.12. The van der Waals surface area contributed by atoms with Crippen molar-refractivity contribution in [3.05, 3.63) is 59.2 Å². The van der Waals surface area contributed by atoms with E-state index in [-0.39, 0.29) is 31.0 Å². The summed E-state index contributed by atoms with van der Waals surface area (Å²) in [5.74, 6) is -1.46. The average Bonchev–Trinajstić information content (AvgIpc) is 2.72. The Morgan fingerprint density at radius 2 is 1.83 bits per heavy atom. The number of hydrogen-bond acceptors (Lipinski definition) is 4. The van der Waals surface area contributed by atoms with Gasteiger partial charge in [0.25, 0.3) is 5.91 Å². The molecule has 0 aliphatic heterocycles. The minimum absolute atomic E-state index is 0.0178. The molecule has 162 valence electrons. The van der Waals surface area contributed by atoms with Crippen molar-refractivity contribution in [3.8, 4) is 11.5 Å². The highest BCUT2D eigenvalue weighted by molar-refractivity contribution is 5.94. The molecule has 2 aromatic carbocycles. The molecule has 0 heterocycles. The van der Waals surface area contributed by atoms with Crippen molar-refractivity contribution in [2.24, 2.45) is 0 Å². The lowest BCUT2D eigenvalue weighted by atomic mass is 10.2. The molecule has 2 aromatic rings. The molecule has 0 saturated carbocycles. The third kappa shape index (κ3) is 7.02. The van der Waals surface area contributed by atoms with E-state index in [0.717, 1.165) is 30.5 Å². The van der Waals surface area contributed by atoms with Gasteiger partial charge < -0.3 is 20.1 Å². The second-order valence-electron chi connectivity index (χ2n) is 6.59. The highest BCUT2D eigenvalue weighted by atomic mass is 19.1. The summed E-state index contributed by atoms with van der Waals surface area (Å²) in [5.41, 5.74) is 0.561. The minimum atomic E-state index is -0.951. The van der Waals surface area contributed by atoms with Crippen LogP contribution in [-0.4, -0.2) is 32.1 Å². The van der Waals surface area contributed by atoms with E-state index >= 15 is 0 Å². The number of nitrogens with one attached hydrogen (secondary N) is 2. The van der Waals surface area contributed by atoms with Gasteiger partial charge in [0.2, 0.25) is 5.91 Å². The normalized spacial score (nSPS) is 10.4. The van der Waals surface area contributed by atoms with E-state index in [1.54, 1.807) is 19.2 Å².